The van der Waals surface area contributed by atoms with Crippen LogP contribution in [-0.4, -0.2) is 59.4 Å². The molecule has 1 amide bonds. The summed E-state index contributed by atoms with van der Waals surface area (Å²) < 4.78 is 1.88. The summed E-state index contributed by atoms with van der Waals surface area (Å²) in [5, 5.41) is 8.91. The van der Waals surface area contributed by atoms with Crippen molar-refractivity contribution in [2.45, 2.75) is 83.1 Å². The maximum atomic E-state index is 13.2. The van der Waals surface area contributed by atoms with Gasteiger partial charge in [-0.25, -0.2) is 0 Å². The van der Waals surface area contributed by atoms with Crippen molar-refractivity contribution in [3.8, 4) is 0 Å². The molecule has 186 valence electrons. The van der Waals surface area contributed by atoms with E-state index < -0.39 is 0 Å². The zero-order valence-corrected chi connectivity index (χ0v) is 21.1. The number of rotatable bonds is 5. The molecule has 0 spiro atoms. The van der Waals surface area contributed by atoms with E-state index in [2.05, 4.69) is 38.4 Å². The summed E-state index contributed by atoms with van der Waals surface area (Å²) in [5.74, 6) is 0.874. The first kappa shape index (κ1) is 23.7. The van der Waals surface area contributed by atoms with Gasteiger partial charge in [0.2, 0.25) is 0 Å². The Morgan fingerprint density at radius 2 is 1.59 bits per heavy atom. The highest BCUT2D eigenvalue weighted by molar-refractivity contribution is 6.05. The van der Waals surface area contributed by atoms with Crippen molar-refractivity contribution in [3.63, 3.8) is 0 Å². The Labute approximate surface area is 205 Å². The minimum atomic E-state index is -0.0182. The van der Waals surface area contributed by atoms with Gasteiger partial charge in [0.05, 0.1) is 5.52 Å². The predicted molar refractivity (Wildman–Crippen MR) is 140 cm³/mol. The summed E-state index contributed by atoms with van der Waals surface area (Å²) in [6.45, 7) is 5.70. The number of hydrogen-bond acceptors (Lipinski definition) is 4. The zero-order chi connectivity index (χ0) is 23.3. The van der Waals surface area contributed by atoms with E-state index >= 15 is 0 Å². The summed E-state index contributed by atoms with van der Waals surface area (Å²) in [4.78, 5) is 18.3. The van der Waals surface area contributed by atoms with Crippen LogP contribution < -0.4 is 10.2 Å². The molecule has 0 radical (unpaired) electrons. The van der Waals surface area contributed by atoms with Gasteiger partial charge in [0.15, 0.2) is 5.69 Å². The number of benzene rings is 1. The van der Waals surface area contributed by atoms with Crippen molar-refractivity contribution in [2.75, 3.05) is 37.6 Å². The van der Waals surface area contributed by atoms with Crippen LogP contribution in [0.15, 0.2) is 18.2 Å². The Morgan fingerprint density at radius 3 is 2.32 bits per heavy atom. The summed E-state index contributed by atoms with van der Waals surface area (Å²) in [6.07, 6.45) is 15.7. The van der Waals surface area contributed by atoms with E-state index in [4.69, 9.17) is 0 Å². The van der Waals surface area contributed by atoms with Gasteiger partial charge in [-0.2, -0.15) is 5.10 Å². The maximum Gasteiger partial charge on any atom is 0.272 e. The first-order valence-electron chi connectivity index (χ1n) is 13.9. The average Bonchev–Trinajstić information content (AvgIpc) is 3.17. The predicted octanol–water partition coefficient (Wildman–Crippen LogP) is 5.12. The lowest BCUT2D eigenvalue weighted by atomic mass is 9.88. The fourth-order valence-electron chi connectivity index (χ4n) is 6.36. The van der Waals surface area contributed by atoms with E-state index in [1.165, 1.54) is 76.4 Å². The molecule has 6 nitrogen and oxygen atoms in total. The Hall–Kier alpha value is -2.08. The smallest absolute Gasteiger partial charge is 0.272 e. The zero-order valence-electron chi connectivity index (χ0n) is 21.1. The normalized spacial score (nSPS) is 22.0. The van der Waals surface area contributed by atoms with Gasteiger partial charge in [0, 0.05) is 56.9 Å². The molecular weight excluding hydrogens is 422 g/mol. The molecule has 2 saturated heterocycles. The monoisotopic (exact) mass is 465 g/mol. The molecular formula is C28H43N5O. The Morgan fingerprint density at radius 1 is 0.912 bits per heavy atom. The SMILES string of the molecule is Cn1nc(C(=O)NC2CCN(CC3CCCCC3)CC2)c2ccc(N3CCCCCCC3)cc21. The number of aryl methyl sites for hydroxylation is 1. The van der Waals surface area contributed by atoms with E-state index in [0.717, 1.165) is 55.8 Å². The Kier molecular flexibility index (Phi) is 7.73. The number of amides is 1. The highest BCUT2D eigenvalue weighted by Gasteiger charge is 2.25. The van der Waals surface area contributed by atoms with Gasteiger partial charge in [-0.05, 0) is 62.6 Å². The van der Waals surface area contributed by atoms with Gasteiger partial charge in [-0.15, -0.1) is 0 Å². The molecule has 34 heavy (non-hydrogen) atoms. The molecule has 3 heterocycles. The molecule has 5 rings (SSSR count). The summed E-state index contributed by atoms with van der Waals surface area (Å²) in [6, 6.07) is 6.78. The van der Waals surface area contributed by atoms with Gasteiger partial charge in [0.1, 0.15) is 0 Å². The fourth-order valence-corrected chi connectivity index (χ4v) is 6.36. The van der Waals surface area contributed by atoms with Crippen LogP contribution >= 0.6 is 0 Å². The van der Waals surface area contributed by atoms with Crippen LogP contribution in [0, 0.1) is 5.92 Å². The van der Waals surface area contributed by atoms with Crippen LogP contribution in [0.1, 0.15) is 87.5 Å². The second kappa shape index (κ2) is 11.1. The number of piperidine rings is 1. The van der Waals surface area contributed by atoms with Crippen molar-refractivity contribution >= 4 is 22.5 Å². The van der Waals surface area contributed by atoms with Gasteiger partial charge < -0.3 is 15.1 Å². The second-order valence-electron chi connectivity index (χ2n) is 11.0. The molecule has 1 aliphatic carbocycles. The van der Waals surface area contributed by atoms with Crippen molar-refractivity contribution < 1.29 is 4.79 Å². The highest BCUT2D eigenvalue weighted by Crippen LogP contribution is 2.28. The number of carbonyl (C=O) groups excluding carboxylic acids is 1. The van der Waals surface area contributed by atoms with Crippen molar-refractivity contribution in [1.29, 1.82) is 0 Å². The van der Waals surface area contributed by atoms with E-state index in [9.17, 15) is 4.79 Å². The highest BCUT2D eigenvalue weighted by atomic mass is 16.2. The Balaban J connectivity index is 1.20. The fraction of sp³-hybridized carbons (Fsp3) is 0.714. The first-order chi connectivity index (χ1) is 16.7. The van der Waals surface area contributed by atoms with Gasteiger partial charge in [-0.3, -0.25) is 9.48 Å². The van der Waals surface area contributed by atoms with Crippen LogP contribution in [0.25, 0.3) is 10.9 Å². The minimum absolute atomic E-state index is 0.0182. The van der Waals surface area contributed by atoms with Crippen LogP contribution in [-0.2, 0) is 7.05 Å². The second-order valence-corrected chi connectivity index (χ2v) is 11.0. The van der Waals surface area contributed by atoms with Crippen LogP contribution in [0.3, 0.4) is 0 Å². The number of fused-ring (bicyclic) bond motifs is 1. The van der Waals surface area contributed by atoms with Gasteiger partial charge in [-0.1, -0.05) is 38.5 Å². The van der Waals surface area contributed by atoms with E-state index in [1.54, 1.807) is 0 Å². The molecule has 0 bridgehead atoms. The number of nitrogens with zero attached hydrogens (tertiary/aromatic N) is 4. The first-order valence-corrected chi connectivity index (χ1v) is 13.9. The molecule has 1 aromatic carbocycles. The van der Waals surface area contributed by atoms with Crippen molar-refractivity contribution in [1.82, 2.24) is 20.0 Å². The lowest BCUT2D eigenvalue weighted by Gasteiger charge is -2.35. The molecule has 3 aliphatic rings. The molecule has 0 unspecified atom stereocenters. The van der Waals surface area contributed by atoms with Crippen molar-refractivity contribution in [3.05, 3.63) is 23.9 Å². The molecule has 1 saturated carbocycles. The van der Waals surface area contributed by atoms with E-state index in [-0.39, 0.29) is 11.9 Å². The largest absolute Gasteiger partial charge is 0.371 e. The van der Waals surface area contributed by atoms with E-state index in [0.29, 0.717) is 5.69 Å². The van der Waals surface area contributed by atoms with E-state index in [1.807, 2.05) is 11.7 Å². The molecule has 0 atom stereocenters. The molecule has 1 N–H and O–H groups in total. The number of anilines is 1. The standard InChI is InChI=1S/C28H43N5O/c1-31-26-20-24(33-16-8-3-2-4-9-17-33)12-13-25(26)27(30-31)28(34)29-23-14-18-32(19-15-23)21-22-10-6-5-7-11-22/h12-13,20,22-23H,2-11,14-19,21H2,1H3,(H,29,34). The van der Waals surface area contributed by atoms with Gasteiger partial charge >= 0.3 is 0 Å². The lowest BCUT2D eigenvalue weighted by molar-refractivity contribution is 0.0897. The molecule has 1 aromatic heterocycles. The van der Waals surface area contributed by atoms with Crippen LogP contribution in [0.4, 0.5) is 5.69 Å². The maximum absolute atomic E-state index is 13.2. The van der Waals surface area contributed by atoms with Crippen LogP contribution in [0.2, 0.25) is 0 Å². The number of hydrogen-bond donors (Lipinski definition) is 1. The molecule has 3 fully saturated rings. The number of nitrogens with one attached hydrogen (secondary N) is 1. The summed E-state index contributed by atoms with van der Waals surface area (Å²) >= 11 is 0. The quantitative estimate of drug-likeness (QED) is 0.666. The summed E-state index contributed by atoms with van der Waals surface area (Å²) in [7, 11) is 1.96. The average molecular weight is 466 g/mol. The van der Waals surface area contributed by atoms with Crippen LogP contribution in [0.5, 0.6) is 0 Å². The number of aromatic nitrogens is 2. The number of carbonyl (C=O) groups is 1. The summed E-state index contributed by atoms with van der Waals surface area (Å²) in [5.41, 5.74) is 2.88. The molecule has 2 aliphatic heterocycles. The minimum Gasteiger partial charge on any atom is -0.371 e. The molecule has 2 aromatic rings. The molecule has 6 heteroatoms. The third kappa shape index (κ3) is 5.59. The lowest BCUT2D eigenvalue weighted by Crippen LogP contribution is -2.46. The van der Waals surface area contributed by atoms with Crippen molar-refractivity contribution in [2.24, 2.45) is 13.0 Å². The third-order valence-electron chi connectivity index (χ3n) is 8.44. The third-order valence-corrected chi connectivity index (χ3v) is 8.44. The Bertz CT molecular complexity index is 947. The van der Waals surface area contributed by atoms with Gasteiger partial charge in [0.25, 0.3) is 5.91 Å². The topological polar surface area (TPSA) is 53.4 Å². The number of likely N-dealkylation sites (tertiary alicyclic amines) is 1.